The summed E-state index contributed by atoms with van der Waals surface area (Å²) in [7, 11) is -0.549. The maximum atomic E-state index is 12.5. The number of carbonyl (C=O) groups is 1. The maximum Gasteiger partial charge on any atom is 0.244 e. The third kappa shape index (κ3) is 4.44. The molecule has 2 N–H and O–H groups in total. The summed E-state index contributed by atoms with van der Waals surface area (Å²) >= 11 is 0. The molecule has 6 nitrogen and oxygen atoms in total. The number of nitrogens with zero attached hydrogens (tertiary/aromatic N) is 1. The van der Waals surface area contributed by atoms with Gasteiger partial charge in [0.1, 0.15) is 0 Å². The van der Waals surface area contributed by atoms with Crippen molar-refractivity contribution in [2.24, 2.45) is 0 Å². The first-order valence-corrected chi connectivity index (χ1v) is 8.79. The fraction of sp³-hybridized carbons (Fsp3) is 0.533. The van der Waals surface area contributed by atoms with Gasteiger partial charge in [-0.1, -0.05) is 6.07 Å². The van der Waals surface area contributed by atoms with Crippen LogP contribution in [0.3, 0.4) is 0 Å². The Hall–Kier alpha value is -1.15. The molecule has 0 saturated carbocycles. The van der Waals surface area contributed by atoms with Crippen LogP contribution in [0, 0.1) is 0 Å². The van der Waals surface area contributed by atoms with Crippen molar-refractivity contribution < 1.29 is 13.2 Å². The minimum atomic E-state index is -3.51. The van der Waals surface area contributed by atoms with Crippen molar-refractivity contribution in [3.05, 3.63) is 24.3 Å². The lowest BCUT2D eigenvalue weighted by Crippen LogP contribution is -2.54. The molecule has 0 bridgehead atoms. The first-order valence-electron chi connectivity index (χ1n) is 7.35. The Morgan fingerprint density at radius 2 is 2.00 bits per heavy atom. The SMILES string of the molecule is CN(C)S(=O)(=O)c1cccc(NC(=O)C2(C)CCCCN2)c1.Cl. The largest absolute Gasteiger partial charge is 0.324 e. The molecule has 130 valence electrons. The number of hydrogen-bond donors (Lipinski definition) is 2. The molecule has 23 heavy (non-hydrogen) atoms. The number of carbonyl (C=O) groups excluding carboxylic acids is 1. The highest BCUT2D eigenvalue weighted by Gasteiger charge is 2.34. The number of anilines is 1. The second-order valence-corrected chi connectivity index (χ2v) is 8.14. The van der Waals surface area contributed by atoms with Gasteiger partial charge in [0.15, 0.2) is 0 Å². The Labute approximate surface area is 144 Å². The van der Waals surface area contributed by atoms with Gasteiger partial charge in [-0.05, 0) is 50.9 Å². The average molecular weight is 362 g/mol. The summed E-state index contributed by atoms with van der Waals surface area (Å²) < 4.78 is 25.4. The van der Waals surface area contributed by atoms with Crippen LogP contribution in [0.1, 0.15) is 26.2 Å². The Balaban J connectivity index is 0.00000264. The van der Waals surface area contributed by atoms with Gasteiger partial charge < -0.3 is 10.6 Å². The Morgan fingerprint density at radius 3 is 2.57 bits per heavy atom. The lowest BCUT2D eigenvalue weighted by atomic mass is 9.90. The van der Waals surface area contributed by atoms with E-state index < -0.39 is 15.6 Å². The van der Waals surface area contributed by atoms with Gasteiger partial charge in [0.25, 0.3) is 0 Å². The molecule has 2 rings (SSSR count). The van der Waals surface area contributed by atoms with Gasteiger partial charge >= 0.3 is 0 Å². The molecule has 1 aromatic carbocycles. The molecule has 1 aromatic rings. The number of hydrogen-bond acceptors (Lipinski definition) is 4. The van der Waals surface area contributed by atoms with Crippen molar-refractivity contribution in [2.45, 2.75) is 36.6 Å². The fourth-order valence-corrected chi connectivity index (χ4v) is 3.41. The molecule has 0 spiro atoms. The molecule has 1 unspecified atom stereocenters. The quantitative estimate of drug-likeness (QED) is 0.857. The van der Waals surface area contributed by atoms with Gasteiger partial charge in [-0.2, -0.15) is 0 Å². The molecular formula is C15H24ClN3O3S. The lowest BCUT2D eigenvalue weighted by Gasteiger charge is -2.33. The van der Waals surface area contributed by atoms with Crippen LogP contribution < -0.4 is 10.6 Å². The summed E-state index contributed by atoms with van der Waals surface area (Å²) in [6.07, 6.45) is 2.85. The summed E-state index contributed by atoms with van der Waals surface area (Å²) in [5, 5.41) is 6.06. The Morgan fingerprint density at radius 1 is 1.30 bits per heavy atom. The highest BCUT2D eigenvalue weighted by Crippen LogP contribution is 2.22. The molecule has 1 saturated heterocycles. The van der Waals surface area contributed by atoms with Crippen LogP contribution in [-0.2, 0) is 14.8 Å². The van der Waals surface area contributed by atoms with Gasteiger partial charge in [0, 0.05) is 19.8 Å². The van der Waals surface area contributed by atoms with Crippen LogP contribution in [-0.4, -0.2) is 44.8 Å². The van der Waals surface area contributed by atoms with Crippen molar-refractivity contribution >= 4 is 34.0 Å². The van der Waals surface area contributed by atoms with Crippen LogP contribution in [0.25, 0.3) is 0 Å². The van der Waals surface area contributed by atoms with E-state index in [9.17, 15) is 13.2 Å². The number of benzene rings is 1. The van der Waals surface area contributed by atoms with Crippen LogP contribution >= 0.6 is 12.4 Å². The van der Waals surface area contributed by atoms with E-state index in [1.165, 1.54) is 26.2 Å². The minimum Gasteiger partial charge on any atom is -0.324 e. The highest BCUT2D eigenvalue weighted by molar-refractivity contribution is 7.89. The van der Waals surface area contributed by atoms with Crippen molar-refractivity contribution in [2.75, 3.05) is 26.0 Å². The fourth-order valence-electron chi connectivity index (χ4n) is 2.46. The van der Waals surface area contributed by atoms with Crippen molar-refractivity contribution in [1.29, 1.82) is 0 Å². The number of piperidine rings is 1. The zero-order chi connectivity index (χ0) is 16.4. The minimum absolute atomic E-state index is 0. The van der Waals surface area contributed by atoms with E-state index in [0.29, 0.717) is 5.69 Å². The molecule has 1 aliphatic rings. The van der Waals surface area contributed by atoms with Gasteiger partial charge in [-0.25, -0.2) is 12.7 Å². The smallest absolute Gasteiger partial charge is 0.244 e. The topological polar surface area (TPSA) is 78.5 Å². The van der Waals surface area contributed by atoms with Crippen molar-refractivity contribution in [3.63, 3.8) is 0 Å². The van der Waals surface area contributed by atoms with Gasteiger partial charge in [-0.15, -0.1) is 12.4 Å². The zero-order valence-electron chi connectivity index (χ0n) is 13.6. The average Bonchev–Trinajstić information content (AvgIpc) is 2.48. The Bertz CT molecular complexity index is 656. The highest BCUT2D eigenvalue weighted by atomic mass is 35.5. The Kier molecular flexibility index (Phi) is 6.59. The maximum absolute atomic E-state index is 12.5. The van der Waals surface area contributed by atoms with Crippen LogP contribution in [0.4, 0.5) is 5.69 Å². The predicted molar refractivity (Wildman–Crippen MR) is 93.5 cm³/mol. The van der Waals surface area contributed by atoms with Crippen LogP contribution in [0.5, 0.6) is 0 Å². The number of amides is 1. The summed E-state index contributed by atoms with van der Waals surface area (Å²) in [5.41, 5.74) is -0.115. The van der Waals surface area contributed by atoms with Crippen LogP contribution in [0.2, 0.25) is 0 Å². The number of rotatable bonds is 4. The van der Waals surface area contributed by atoms with E-state index in [1.807, 2.05) is 6.92 Å². The third-order valence-electron chi connectivity index (χ3n) is 3.99. The predicted octanol–water partition coefficient (Wildman–Crippen LogP) is 1.83. The molecule has 1 fully saturated rings. The van der Waals surface area contributed by atoms with Crippen molar-refractivity contribution in [1.82, 2.24) is 9.62 Å². The monoisotopic (exact) mass is 361 g/mol. The standard InChI is InChI=1S/C15H23N3O3S.ClH/c1-15(9-4-5-10-16-15)14(19)17-12-7-6-8-13(11-12)22(20,21)18(2)3;/h6-8,11,16H,4-5,9-10H2,1-3H3,(H,17,19);1H. The molecule has 1 heterocycles. The summed E-state index contributed by atoms with van der Waals surface area (Å²) in [5.74, 6) is -0.133. The first-order chi connectivity index (χ1) is 10.3. The normalized spacial score (nSPS) is 21.6. The van der Waals surface area contributed by atoms with E-state index in [1.54, 1.807) is 12.1 Å². The molecule has 1 amide bonds. The van der Waals surface area contributed by atoms with E-state index in [2.05, 4.69) is 10.6 Å². The van der Waals surface area contributed by atoms with Gasteiger partial charge in [0.2, 0.25) is 15.9 Å². The lowest BCUT2D eigenvalue weighted by molar-refractivity contribution is -0.122. The molecule has 1 atom stereocenters. The third-order valence-corrected chi connectivity index (χ3v) is 5.80. The van der Waals surface area contributed by atoms with Gasteiger partial charge in [0.05, 0.1) is 10.4 Å². The van der Waals surface area contributed by atoms with Crippen molar-refractivity contribution in [3.8, 4) is 0 Å². The molecule has 8 heteroatoms. The molecule has 0 aliphatic carbocycles. The summed E-state index contributed by atoms with van der Waals surface area (Å²) in [6, 6.07) is 6.33. The molecule has 0 radical (unpaired) electrons. The van der Waals surface area contributed by atoms with E-state index in [-0.39, 0.29) is 23.2 Å². The molecule has 0 aromatic heterocycles. The van der Waals surface area contributed by atoms with Crippen LogP contribution in [0.15, 0.2) is 29.2 Å². The second-order valence-electron chi connectivity index (χ2n) is 5.99. The van der Waals surface area contributed by atoms with E-state index >= 15 is 0 Å². The number of nitrogens with one attached hydrogen (secondary N) is 2. The van der Waals surface area contributed by atoms with E-state index in [4.69, 9.17) is 0 Å². The molecule has 1 aliphatic heterocycles. The van der Waals surface area contributed by atoms with E-state index in [0.717, 1.165) is 30.1 Å². The summed E-state index contributed by atoms with van der Waals surface area (Å²) in [6.45, 7) is 2.70. The zero-order valence-corrected chi connectivity index (χ0v) is 15.3. The molecular weight excluding hydrogens is 338 g/mol. The summed E-state index contributed by atoms with van der Waals surface area (Å²) in [4.78, 5) is 12.6. The first kappa shape index (κ1) is 19.9. The number of halogens is 1. The second kappa shape index (κ2) is 7.61. The number of sulfonamides is 1. The van der Waals surface area contributed by atoms with Gasteiger partial charge in [-0.3, -0.25) is 4.79 Å².